The zero-order chi connectivity index (χ0) is 14.0. The van der Waals surface area contributed by atoms with Crippen molar-refractivity contribution in [2.24, 2.45) is 7.05 Å². The molecule has 2 heterocycles. The second kappa shape index (κ2) is 5.75. The number of aryl methyl sites for hydroxylation is 2. The van der Waals surface area contributed by atoms with Gasteiger partial charge in [-0.1, -0.05) is 6.92 Å². The number of nitrogens with zero attached hydrogens (tertiary/aromatic N) is 3. The average molecular weight is 282 g/mol. The Kier molecular flexibility index (Phi) is 4.46. The van der Waals surface area contributed by atoms with Crippen molar-refractivity contribution in [2.75, 3.05) is 30.3 Å². The van der Waals surface area contributed by atoms with Crippen LogP contribution in [0, 0.1) is 6.92 Å². The molecule has 5 heteroatoms. The molecular weight excluding hydrogens is 256 g/mol. The molecule has 0 radical (unpaired) electrons. The number of aromatic nitrogens is 2. The molecule has 1 saturated heterocycles. The van der Waals surface area contributed by atoms with Crippen molar-refractivity contribution in [3.63, 3.8) is 0 Å². The number of thioether (sulfide) groups is 1. The largest absolute Gasteiger partial charge is 0.354 e. The van der Waals surface area contributed by atoms with Crippen molar-refractivity contribution in [1.29, 1.82) is 0 Å². The standard InChI is InChI=1S/C14H26N4S/c1-6-15-9-12-11(2)16-17(5)13(12)18-7-8-19-14(3,4)10-18/h15H,6-10H2,1-5H3. The molecule has 0 bridgehead atoms. The van der Waals surface area contributed by atoms with Crippen LogP contribution in [-0.4, -0.2) is 39.9 Å². The molecule has 0 saturated carbocycles. The van der Waals surface area contributed by atoms with Crippen LogP contribution in [-0.2, 0) is 13.6 Å². The van der Waals surface area contributed by atoms with E-state index < -0.39 is 0 Å². The minimum Gasteiger partial charge on any atom is -0.354 e. The summed E-state index contributed by atoms with van der Waals surface area (Å²) in [5.41, 5.74) is 2.50. The van der Waals surface area contributed by atoms with E-state index in [1.165, 1.54) is 17.1 Å². The Morgan fingerprint density at radius 3 is 2.79 bits per heavy atom. The summed E-state index contributed by atoms with van der Waals surface area (Å²) < 4.78 is 2.37. The van der Waals surface area contributed by atoms with Crippen LogP contribution in [0.5, 0.6) is 0 Å². The second-order valence-electron chi connectivity index (χ2n) is 5.82. The fourth-order valence-electron chi connectivity index (χ4n) is 2.74. The molecule has 0 aliphatic carbocycles. The lowest BCUT2D eigenvalue weighted by Crippen LogP contribution is -2.44. The van der Waals surface area contributed by atoms with E-state index in [0.717, 1.165) is 31.9 Å². The third-order valence-electron chi connectivity index (χ3n) is 3.59. The third kappa shape index (κ3) is 3.26. The number of hydrogen-bond acceptors (Lipinski definition) is 4. The molecule has 1 aliphatic heterocycles. The van der Waals surface area contributed by atoms with E-state index in [2.05, 4.69) is 61.8 Å². The van der Waals surface area contributed by atoms with E-state index in [-0.39, 0.29) is 0 Å². The Morgan fingerprint density at radius 1 is 1.42 bits per heavy atom. The van der Waals surface area contributed by atoms with Crippen molar-refractivity contribution in [1.82, 2.24) is 15.1 Å². The first-order valence-corrected chi connectivity index (χ1v) is 8.05. The van der Waals surface area contributed by atoms with Gasteiger partial charge in [0.2, 0.25) is 0 Å². The lowest BCUT2D eigenvalue weighted by atomic mass is 10.1. The van der Waals surface area contributed by atoms with E-state index in [9.17, 15) is 0 Å². The molecular formula is C14H26N4S. The monoisotopic (exact) mass is 282 g/mol. The molecule has 0 spiro atoms. The molecule has 1 aromatic heterocycles. The quantitative estimate of drug-likeness (QED) is 0.917. The van der Waals surface area contributed by atoms with Crippen LogP contribution < -0.4 is 10.2 Å². The van der Waals surface area contributed by atoms with Gasteiger partial charge in [-0.15, -0.1) is 0 Å². The van der Waals surface area contributed by atoms with E-state index in [1.54, 1.807) is 0 Å². The Labute approximate surface area is 120 Å². The lowest BCUT2D eigenvalue weighted by molar-refractivity contribution is 0.617. The molecule has 0 unspecified atom stereocenters. The fourth-order valence-corrected chi connectivity index (χ4v) is 3.85. The topological polar surface area (TPSA) is 33.1 Å². The minimum atomic E-state index is 0.325. The molecule has 0 atom stereocenters. The average Bonchev–Trinajstić information content (AvgIpc) is 2.60. The van der Waals surface area contributed by atoms with E-state index in [1.807, 2.05) is 4.68 Å². The highest BCUT2D eigenvalue weighted by atomic mass is 32.2. The summed E-state index contributed by atoms with van der Waals surface area (Å²) in [6.07, 6.45) is 0. The van der Waals surface area contributed by atoms with Crippen molar-refractivity contribution in [2.45, 2.75) is 39.0 Å². The van der Waals surface area contributed by atoms with Gasteiger partial charge in [-0.2, -0.15) is 16.9 Å². The van der Waals surface area contributed by atoms with E-state index >= 15 is 0 Å². The van der Waals surface area contributed by atoms with Crippen LogP contribution in [0.4, 0.5) is 5.82 Å². The van der Waals surface area contributed by atoms with Crippen LogP contribution in [0.25, 0.3) is 0 Å². The SMILES string of the molecule is CCNCc1c(C)nn(C)c1N1CCSC(C)(C)C1. The first-order chi connectivity index (χ1) is 8.94. The zero-order valence-electron chi connectivity index (χ0n) is 12.8. The molecule has 2 rings (SSSR count). The maximum absolute atomic E-state index is 4.62. The summed E-state index contributed by atoms with van der Waals surface area (Å²) in [5.74, 6) is 2.49. The zero-order valence-corrected chi connectivity index (χ0v) is 13.6. The Morgan fingerprint density at radius 2 is 2.16 bits per heavy atom. The Bertz CT molecular complexity index is 439. The molecule has 0 aromatic carbocycles. The summed E-state index contributed by atoms with van der Waals surface area (Å²) in [6, 6.07) is 0. The van der Waals surface area contributed by atoms with Gasteiger partial charge in [0.1, 0.15) is 5.82 Å². The third-order valence-corrected chi connectivity index (χ3v) is 4.89. The van der Waals surface area contributed by atoms with Gasteiger partial charge in [0.15, 0.2) is 0 Å². The molecule has 1 fully saturated rings. The normalized spacial score (nSPS) is 18.9. The van der Waals surface area contributed by atoms with Crippen LogP contribution in [0.1, 0.15) is 32.0 Å². The number of hydrogen-bond donors (Lipinski definition) is 1. The van der Waals surface area contributed by atoms with Crippen LogP contribution >= 0.6 is 11.8 Å². The lowest BCUT2D eigenvalue weighted by Gasteiger charge is -2.39. The van der Waals surface area contributed by atoms with Gasteiger partial charge in [-0.25, -0.2) is 0 Å². The van der Waals surface area contributed by atoms with Crippen molar-refractivity contribution in [3.8, 4) is 0 Å². The van der Waals surface area contributed by atoms with E-state index in [4.69, 9.17) is 0 Å². The molecule has 1 aromatic rings. The molecule has 0 amide bonds. The summed E-state index contributed by atoms with van der Waals surface area (Å²) in [4.78, 5) is 2.50. The van der Waals surface area contributed by atoms with Crippen molar-refractivity contribution < 1.29 is 0 Å². The first kappa shape index (κ1) is 14.7. The minimum absolute atomic E-state index is 0.325. The highest BCUT2D eigenvalue weighted by Crippen LogP contribution is 2.34. The fraction of sp³-hybridized carbons (Fsp3) is 0.786. The van der Waals surface area contributed by atoms with E-state index in [0.29, 0.717) is 4.75 Å². The summed E-state index contributed by atoms with van der Waals surface area (Å²) >= 11 is 2.07. The van der Waals surface area contributed by atoms with Gasteiger partial charge >= 0.3 is 0 Å². The second-order valence-corrected chi connectivity index (χ2v) is 7.62. The van der Waals surface area contributed by atoms with Gasteiger partial charge in [0.25, 0.3) is 0 Å². The number of nitrogens with one attached hydrogen (secondary N) is 1. The van der Waals surface area contributed by atoms with Crippen molar-refractivity contribution in [3.05, 3.63) is 11.3 Å². The maximum atomic E-state index is 4.62. The summed E-state index contributed by atoms with van der Waals surface area (Å²) in [5, 5.41) is 8.05. The highest BCUT2D eigenvalue weighted by molar-refractivity contribution is 8.00. The Balaban J connectivity index is 2.27. The van der Waals surface area contributed by atoms with Gasteiger partial charge in [0.05, 0.1) is 5.69 Å². The molecule has 1 aliphatic rings. The molecule has 19 heavy (non-hydrogen) atoms. The summed E-state index contributed by atoms with van der Waals surface area (Å²) in [7, 11) is 2.06. The number of rotatable bonds is 4. The first-order valence-electron chi connectivity index (χ1n) is 7.06. The molecule has 4 nitrogen and oxygen atoms in total. The smallest absolute Gasteiger partial charge is 0.131 e. The van der Waals surface area contributed by atoms with Gasteiger partial charge in [-0.05, 0) is 27.3 Å². The van der Waals surface area contributed by atoms with Crippen LogP contribution in [0.2, 0.25) is 0 Å². The predicted octanol–water partition coefficient (Wildman–Crippen LogP) is 2.17. The van der Waals surface area contributed by atoms with Gasteiger partial charge < -0.3 is 10.2 Å². The predicted molar refractivity (Wildman–Crippen MR) is 84.1 cm³/mol. The Hall–Kier alpha value is -0.680. The van der Waals surface area contributed by atoms with Crippen LogP contribution in [0.3, 0.4) is 0 Å². The maximum Gasteiger partial charge on any atom is 0.131 e. The molecule has 1 N–H and O–H groups in total. The number of anilines is 1. The van der Waals surface area contributed by atoms with Crippen LogP contribution in [0.15, 0.2) is 0 Å². The molecule has 108 valence electrons. The van der Waals surface area contributed by atoms with Gasteiger partial charge in [0, 0.05) is 42.7 Å². The van der Waals surface area contributed by atoms with Gasteiger partial charge in [-0.3, -0.25) is 4.68 Å². The highest BCUT2D eigenvalue weighted by Gasteiger charge is 2.30. The summed E-state index contributed by atoms with van der Waals surface area (Å²) in [6.45, 7) is 13.0. The van der Waals surface area contributed by atoms with Crippen molar-refractivity contribution >= 4 is 17.6 Å².